The van der Waals surface area contributed by atoms with Crippen LogP contribution in [-0.4, -0.2) is 5.11 Å². The lowest BCUT2D eigenvalue weighted by molar-refractivity contribution is 0.465. The van der Waals surface area contributed by atoms with Crippen LogP contribution in [0.5, 0.6) is 5.75 Å². The lowest BCUT2D eigenvalue weighted by atomic mass is 10.1. The number of nitriles is 1. The molecule has 0 spiro atoms. The highest BCUT2D eigenvalue weighted by Crippen LogP contribution is 2.28. The first-order valence-electron chi connectivity index (χ1n) is 5.51. The van der Waals surface area contributed by atoms with Gasteiger partial charge in [-0.25, -0.2) is 4.39 Å². The van der Waals surface area contributed by atoms with Crippen molar-refractivity contribution in [3.8, 4) is 11.8 Å². The predicted octanol–water partition coefficient (Wildman–Crippen LogP) is 3.78. The molecular weight excluding hydrogens is 311 g/mol. The summed E-state index contributed by atoms with van der Waals surface area (Å²) in [5, 5.41) is 21.6. The first kappa shape index (κ1) is 13.4. The van der Waals surface area contributed by atoms with Gasteiger partial charge in [0.25, 0.3) is 0 Å². The van der Waals surface area contributed by atoms with Gasteiger partial charge in [0.15, 0.2) is 0 Å². The van der Waals surface area contributed by atoms with Crippen LogP contribution in [0, 0.1) is 17.1 Å². The minimum absolute atomic E-state index is 0.0107. The Morgan fingerprint density at radius 2 is 2.11 bits per heavy atom. The number of para-hydroxylation sites is 1. The van der Waals surface area contributed by atoms with Crippen molar-refractivity contribution in [2.24, 2.45) is 0 Å². The number of nitrogens with one attached hydrogen (secondary N) is 1. The van der Waals surface area contributed by atoms with Gasteiger partial charge in [-0.1, -0.05) is 12.1 Å². The molecule has 2 rings (SSSR count). The molecule has 0 aromatic heterocycles. The highest BCUT2D eigenvalue weighted by molar-refractivity contribution is 9.10. The van der Waals surface area contributed by atoms with E-state index in [0.29, 0.717) is 22.3 Å². The predicted molar refractivity (Wildman–Crippen MR) is 74.2 cm³/mol. The molecule has 19 heavy (non-hydrogen) atoms. The molecule has 0 unspecified atom stereocenters. The largest absolute Gasteiger partial charge is 0.506 e. The van der Waals surface area contributed by atoms with Gasteiger partial charge in [0.05, 0.1) is 10.0 Å². The summed E-state index contributed by atoms with van der Waals surface area (Å²) in [6.45, 7) is 0.377. The Morgan fingerprint density at radius 1 is 1.32 bits per heavy atom. The van der Waals surface area contributed by atoms with Gasteiger partial charge in [-0.3, -0.25) is 0 Å². The van der Waals surface area contributed by atoms with E-state index in [1.807, 2.05) is 6.07 Å². The van der Waals surface area contributed by atoms with Gasteiger partial charge in [0, 0.05) is 17.8 Å². The van der Waals surface area contributed by atoms with Crippen LogP contribution < -0.4 is 5.32 Å². The fourth-order valence-electron chi connectivity index (χ4n) is 1.62. The molecule has 0 bridgehead atoms. The third-order valence-electron chi connectivity index (χ3n) is 2.64. The Labute approximate surface area is 118 Å². The summed E-state index contributed by atoms with van der Waals surface area (Å²) < 4.78 is 13.8. The van der Waals surface area contributed by atoms with Crippen LogP contribution >= 0.6 is 15.9 Å². The van der Waals surface area contributed by atoms with Gasteiger partial charge in [0.1, 0.15) is 17.6 Å². The minimum Gasteiger partial charge on any atom is -0.506 e. The summed E-state index contributed by atoms with van der Waals surface area (Å²) in [5.74, 6) is -0.379. The zero-order valence-electron chi connectivity index (χ0n) is 9.82. The molecule has 0 heterocycles. The van der Waals surface area contributed by atoms with Gasteiger partial charge < -0.3 is 10.4 Å². The zero-order chi connectivity index (χ0) is 13.8. The van der Waals surface area contributed by atoms with Crippen molar-refractivity contribution in [2.75, 3.05) is 5.32 Å². The minimum atomic E-state index is -0.543. The number of phenols is 1. The molecular formula is C14H10BrFN2O. The number of hydrogen-bond donors (Lipinski definition) is 2. The maximum Gasteiger partial charge on any atom is 0.141 e. The summed E-state index contributed by atoms with van der Waals surface area (Å²) >= 11 is 3.23. The van der Waals surface area contributed by atoms with E-state index < -0.39 is 5.82 Å². The maximum absolute atomic E-state index is 13.2. The van der Waals surface area contributed by atoms with Gasteiger partial charge in [-0.05, 0) is 40.2 Å². The van der Waals surface area contributed by atoms with E-state index in [1.165, 1.54) is 12.1 Å². The molecule has 0 fully saturated rings. The lowest BCUT2D eigenvalue weighted by Crippen LogP contribution is -2.00. The van der Waals surface area contributed by atoms with Crippen molar-refractivity contribution in [3.05, 3.63) is 57.8 Å². The van der Waals surface area contributed by atoms with E-state index in [2.05, 4.69) is 21.2 Å². The Bertz CT molecular complexity index is 652. The maximum atomic E-state index is 13.2. The summed E-state index contributed by atoms with van der Waals surface area (Å²) in [5.41, 5.74) is 1.32. The van der Waals surface area contributed by atoms with Gasteiger partial charge in [-0.2, -0.15) is 5.26 Å². The molecule has 0 saturated heterocycles. The van der Waals surface area contributed by atoms with Crippen LogP contribution in [0.4, 0.5) is 10.1 Å². The van der Waals surface area contributed by atoms with E-state index in [0.717, 1.165) is 0 Å². The van der Waals surface area contributed by atoms with E-state index in [9.17, 15) is 9.50 Å². The van der Waals surface area contributed by atoms with Crippen molar-refractivity contribution in [1.82, 2.24) is 0 Å². The van der Waals surface area contributed by atoms with E-state index in [-0.39, 0.29) is 11.3 Å². The number of hydrogen-bond acceptors (Lipinski definition) is 3. The molecule has 0 aliphatic rings. The number of rotatable bonds is 3. The van der Waals surface area contributed by atoms with Gasteiger partial charge in [-0.15, -0.1) is 0 Å². The van der Waals surface area contributed by atoms with Crippen molar-refractivity contribution in [2.45, 2.75) is 6.54 Å². The molecule has 0 atom stereocenters. The van der Waals surface area contributed by atoms with Crippen LogP contribution in [0.2, 0.25) is 0 Å². The quantitative estimate of drug-likeness (QED) is 0.904. The number of halogens is 2. The number of anilines is 1. The number of aromatic hydroxyl groups is 1. The molecule has 0 aliphatic heterocycles. The molecule has 2 N–H and O–H groups in total. The van der Waals surface area contributed by atoms with Gasteiger partial charge in [0.2, 0.25) is 0 Å². The highest BCUT2D eigenvalue weighted by atomic mass is 79.9. The first-order valence-corrected chi connectivity index (χ1v) is 6.31. The average Bonchev–Trinajstić information content (AvgIpc) is 2.42. The highest BCUT2D eigenvalue weighted by Gasteiger charge is 2.06. The third kappa shape index (κ3) is 3.04. The first-order chi connectivity index (χ1) is 9.11. The summed E-state index contributed by atoms with van der Waals surface area (Å²) in [4.78, 5) is 0. The summed E-state index contributed by atoms with van der Waals surface area (Å²) in [6, 6.07) is 11.3. The molecule has 96 valence electrons. The summed E-state index contributed by atoms with van der Waals surface area (Å²) in [6.07, 6.45) is 0. The van der Waals surface area contributed by atoms with E-state index in [1.54, 1.807) is 24.3 Å². The molecule has 5 heteroatoms. The third-order valence-corrected chi connectivity index (χ3v) is 3.28. The Hall–Kier alpha value is -2.06. The average molecular weight is 321 g/mol. The Balaban J connectivity index is 2.15. The second kappa shape index (κ2) is 5.72. The van der Waals surface area contributed by atoms with Crippen LogP contribution in [0.15, 0.2) is 40.9 Å². The second-order valence-electron chi connectivity index (χ2n) is 3.91. The smallest absolute Gasteiger partial charge is 0.141 e. The zero-order valence-corrected chi connectivity index (χ0v) is 11.4. The number of phenolic OH excluding ortho intramolecular Hbond substituents is 1. The van der Waals surface area contributed by atoms with Crippen LogP contribution in [0.25, 0.3) is 0 Å². The van der Waals surface area contributed by atoms with Crippen LogP contribution in [0.3, 0.4) is 0 Å². The fourth-order valence-corrected chi connectivity index (χ4v) is 2.03. The van der Waals surface area contributed by atoms with Crippen LogP contribution in [0.1, 0.15) is 11.1 Å². The van der Waals surface area contributed by atoms with Crippen molar-refractivity contribution >= 4 is 21.6 Å². The van der Waals surface area contributed by atoms with Crippen molar-refractivity contribution < 1.29 is 9.50 Å². The topological polar surface area (TPSA) is 56.0 Å². The molecule has 0 amide bonds. The molecule has 2 aromatic carbocycles. The molecule has 0 radical (unpaired) electrons. The lowest BCUT2D eigenvalue weighted by Gasteiger charge is -2.09. The normalized spacial score (nSPS) is 9.95. The Kier molecular flexibility index (Phi) is 4.03. The molecule has 0 aliphatic carbocycles. The van der Waals surface area contributed by atoms with Crippen LogP contribution in [-0.2, 0) is 6.54 Å². The number of benzene rings is 2. The van der Waals surface area contributed by atoms with Gasteiger partial charge >= 0.3 is 0 Å². The Morgan fingerprint density at radius 3 is 2.84 bits per heavy atom. The van der Waals surface area contributed by atoms with E-state index in [4.69, 9.17) is 5.26 Å². The van der Waals surface area contributed by atoms with E-state index >= 15 is 0 Å². The van der Waals surface area contributed by atoms with Crippen molar-refractivity contribution in [3.63, 3.8) is 0 Å². The monoisotopic (exact) mass is 320 g/mol. The molecule has 0 saturated carbocycles. The molecule has 3 nitrogen and oxygen atoms in total. The van der Waals surface area contributed by atoms with Crippen molar-refractivity contribution in [1.29, 1.82) is 5.26 Å². The standard InChI is InChI=1S/C14H10BrFN2O/c15-12-3-1-2-9(14(12)19)8-18-11-4-5-13(16)10(6-11)7-17/h1-6,18-19H,8H2. The fraction of sp³-hybridized carbons (Fsp3) is 0.0714. The number of nitrogens with zero attached hydrogens (tertiary/aromatic N) is 1. The summed E-state index contributed by atoms with van der Waals surface area (Å²) in [7, 11) is 0. The SMILES string of the molecule is N#Cc1cc(NCc2cccc(Br)c2O)ccc1F. The second-order valence-corrected chi connectivity index (χ2v) is 4.76. The molecule has 2 aromatic rings.